The zero-order chi connectivity index (χ0) is 13.0. The number of hydrogen-bond acceptors (Lipinski definition) is 4. The Labute approximate surface area is 105 Å². The summed E-state index contributed by atoms with van der Waals surface area (Å²) in [4.78, 5) is 15.9. The number of carbonyl (C=O) groups excluding carboxylic acids is 1. The maximum absolute atomic E-state index is 11.9. The monoisotopic (exact) mass is 242 g/mol. The fraction of sp³-hybridized carbons (Fsp3) is 0.0769. The van der Waals surface area contributed by atoms with Gasteiger partial charge in [-0.15, -0.1) is 0 Å². The molecule has 0 fully saturated rings. The number of nitrogen functional groups attached to an aromatic ring is 1. The zero-order valence-corrected chi connectivity index (χ0v) is 9.97. The van der Waals surface area contributed by atoms with Crippen LogP contribution < -0.4 is 16.6 Å². The van der Waals surface area contributed by atoms with Gasteiger partial charge in [-0.1, -0.05) is 17.7 Å². The third-order valence-corrected chi connectivity index (χ3v) is 2.48. The first-order valence-electron chi connectivity index (χ1n) is 5.50. The van der Waals surface area contributed by atoms with E-state index in [0.29, 0.717) is 11.4 Å². The van der Waals surface area contributed by atoms with Crippen LogP contribution >= 0.6 is 0 Å². The second kappa shape index (κ2) is 5.29. The highest BCUT2D eigenvalue weighted by Gasteiger charge is 2.06. The molecule has 0 radical (unpaired) electrons. The molecule has 1 aromatic heterocycles. The molecule has 5 heteroatoms. The molecule has 0 aliphatic carbocycles. The number of rotatable bonds is 3. The third-order valence-electron chi connectivity index (χ3n) is 2.48. The van der Waals surface area contributed by atoms with Gasteiger partial charge in [-0.2, -0.15) is 0 Å². The third kappa shape index (κ3) is 2.83. The number of aryl methyl sites for hydroxylation is 1. The van der Waals surface area contributed by atoms with E-state index >= 15 is 0 Å². The van der Waals surface area contributed by atoms with Crippen molar-refractivity contribution in [3.63, 3.8) is 0 Å². The lowest BCUT2D eigenvalue weighted by Gasteiger charge is -2.06. The number of benzene rings is 1. The van der Waals surface area contributed by atoms with Gasteiger partial charge in [0.1, 0.15) is 5.82 Å². The summed E-state index contributed by atoms with van der Waals surface area (Å²) in [5.74, 6) is 5.52. The van der Waals surface area contributed by atoms with Crippen LogP contribution in [-0.2, 0) is 0 Å². The Balaban J connectivity index is 2.09. The minimum atomic E-state index is -0.199. The van der Waals surface area contributed by atoms with E-state index in [1.165, 1.54) is 6.20 Å². The molecule has 5 nitrogen and oxygen atoms in total. The van der Waals surface area contributed by atoms with Crippen LogP contribution in [0.4, 0.5) is 11.5 Å². The molecule has 4 N–H and O–H groups in total. The van der Waals surface area contributed by atoms with Crippen LogP contribution in [0.25, 0.3) is 0 Å². The molecule has 1 heterocycles. The van der Waals surface area contributed by atoms with Gasteiger partial charge < -0.3 is 10.7 Å². The van der Waals surface area contributed by atoms with Crippen LogP contribution in [0, 0.1) is 6.92 Å². The molecule has 0 atom stereocenters. The lowest BCUT2D eigenvalue weighted by molar-refractivity contribution is 0.102. The Morgan fingerprint density at radius 3 is 2.44 bits per heavy atom. The van der Waals surface area contributed by atoms with Crippen LogP contribution in [0.1, 0.15) is 15.9 Å². The predicted molar refractivity (Wildman–Crippen MR) is 71.2 cm³/mol. The molecule has 0 spiro atoms. The van der Waals surface area contributed by atoms with Crippen molar-refractivity contribution in [2.75, 3.05) is 10.7 Å². The van der Waals surface area contributed by atoms with Crippen molar-refractivity contribution in [1.82, 2.24) is 4.98 Å². The van der Waals surface area contributed by atoms with E-state index in [-0.39, 0.29) is 5.91 Å². The zero-order valence-electron chi connectivity index (χ0n) is 9.97. The lowest BCUT2D eigenvalue weighted by atomic mass is 10.2. The van der Waals surface area contributed by atoms with Crippen LogP contribution in [0.5, 0.6) is 0 Å². The number of anilines is 2. The first-order chi connectivity index (χ1) is 8.69. The minimum absolute atomic E-state index is 0.199. The second-order valence-electron chi connectivity index (χ2n) is 3.90. The highest BCUT2D eigenvalue weighted by Crippen LogP contribution is 2.11. The molecule has 92 valence electrons. The summed E-state index contributed by atoms with van der Waals surface area (Å²) in [6.45, 7) is 1.99. The summed E-state index contributed by atoms with van der Waals surface area (Å²) in [7, 11) is 0. The normalized spacial score (nSPS) is 9.89. The first kappa shape index (κ1) is 12.1. The molecule has 0 aliphatic heterocycles. The molecule has 18 heavy (non-hydrogen) atoms. The molecule has 0 saturated heterocycles. The molecule has 1 amide bonds. The Bertz CT molecular complexity index is 534. The smallest absolute Gasteiger partial charge is 0.257 e. The maximum Gasteiger partial charge on any atom is 0.257 e. The predicted octanol–water partition coefficient (Wildman–Crippen LogP) is 1.93. The van der Waals surface area contributed by atoms with Gasteiger partial charge in [-0.05, 0) is 31.2 Å². The van der Waals surface area contributed by atoms with Gasteiger partial charge in [-0.3, -0.25) is 4.79 Å². The number of pyridine rings is 1. The van der Waals surface area contributed by atoms with E-state index in [1.807, 2.05) is 31.2 Å². The van der Waals surface area contributed by atoms with Crippen LogP contribution in [0.3, 0.4) is 0 Å². The van der Waals surface area contributed by atoms with E-state index in [9.17, 15) is 4.79 Å². The highest BCUT2D eigenvalue weighted by atomic mass is 16.1. The molecule has 2 aromatic rings. The summed E-state index contributed by atoms with van der Waals surface area (Å²) in [5, 5.41) is 2.79. The number of nitrogens with two attached hydrogens (primary N) is 1. The van der Waals surface area contributed by atoms with Crippen LogP contribution in [-0.4, -0.2) is 10.9 Å². The Hall–Kier alpha value is -2.40. The average Bonchev–Trinajstić information content (AvgIpc) is 2.41. The molecule has 0 aliphatic rings. The van der Waals surface area contributed by atoms with Crippen molar-refractivity contribution in [1.29, 1.82) is 0 Å². The number of amides is 1. The number of nitrogens with zero attached hydrogens (tertiary/aromatic N) is 1. The second-order valence-corrected chi connectivity index (χ2v) is 3.90. The SMILES string of the molecule is Cc1ccc(NC(=O)c2ccc(NN)nc2)cc1. The van der Waals surface area contributed by atoms with Crippen molar-refractivity contribution in [3.8, 4) is 0 Å². The molecule has 0 unspecified atom stereocenters. The van der Waals surface area contributed by atoms with Crippen molar-refractivity contribution < 1.29 is 4.79 Å². The van der Waals surface area contributed by atoms with Gasteiger partial charge in [0.15, 0.2) is 0 Å². The summed E-state index contributed by atoms with van der Waals surface area (Å²) < 4.78 is 0. The molecular formula is C13H14N4O. The topological polar surface area (TPSA) is 80.0 Å². The van der Waals surface area contributed by atoms with Gasteiger partial charge in [0.05, 0.1) is 5.56 Å². The standard InChI is InChI=1S/C13H14N4O/c1-9-2-5-11(6-3-9)16-13(18)10-4-7-12(17-14)15-8-10/h2-8H,14H2,1H3,(H,15,17)(H,16,18). The number of hydrazine groups is 1. The fourth-order valence-corrected chi connectivity index (χ4v) is 1.45. The van der Waals surface area contributed by atoms with E-state index in [2.05, 4.69) is 15.7 Å². The molecular weight excluding hydrogens is 228 g/mol. The maximum atomic E-state index is 11.9. The van der Waals surface area contributed by atoms with Gasteiger partial charge in [-0.25, -0.2) is 10.8 Å². The van der Waals surface area contributed by atoms with Gasteiger partial charge in [0.25, 0.3) is 5.91 Å². The molecule has 0 bridgehead atoms. The fourth-order valence-electron chi connectivity index (χ4n) is 1.45. The average molecular weight is 242 g/mol. The van der Waals surface area contributed by atoms with Gasteiger partial charge in [0.2, 0.25) is 0 Å². The summed E-state index contributed by atoms with van der Waals surface area (Å²) in [6, 6.07) is 10.9. The summed E-state index contributed by atoms with van der Waals surface area (Å²) in [6.07, 6.45) is 1.47. The minimum Gasteiger partial charge on any atom is -0.322 e. The number of hydrogen-bond donors (Lipinski definition) is 3. The Morgan fingerprint density at radius 2 is 1.89 bits per heavy atom. The summed E-state index contributed by atoms with van der Waals surface area (Å²) >= 11 is 0. The van der Waals surface area contributed by atoms with Crippen LogP contribution in [0.15, 0.2) is 42.6 Å². The molecule has 0 saturated carbocycles. The van der Waals surface area contributed by atoms with Crippen molar-refractivity contribution in [3.05, 3.63) is 53.7 Å². The van der Waals surface area contributed by atoms with Crippen molar-refractivity contribution in [2.45, 2.75) is 6.92 Å². The van der Waals surface area contributed by atoms with E-state index in [4.69, 9.17) is 5.84 Å². The number of aromatic nitrogens is 1. The van der Waals surface area contributed by atoms with Crippen molar-refractivity contribution in [2.24, 2.45) is 5.84 Å². The van der Waals surface area contributed by atoms with E-state index < -0.39 is 0 Å². The van der Waals surface area contributed by atoms with E-state index in [0.717, 1.165) is 11.3 Å². The van der Waals surface area contributed by atoms with Gasteiger partial charge in [0, 0.05) is 11.9 Å². The van der Waals surface area contributed by atoms with Crippen molar-refractivity contribution >= 4 is 17.4 Å². The number of carbonyl (C=O) groups is 1. The highest BCUT2D eigenvalue weighted by molar-refractivity contribution is 6.04. The summed E-state index contributed by atoms with van der Waals surface area (Å²) in [5.41, 5.74) is 4.79. The first-order valence-corrected chi connectivity index (χ1v) is 5.50. The largest absolute Gasteiger partial charge is 0.322 e. The molecule has 2 rings (SSSR count). The van der Waals surface area contributed by atoms with Gasteiger partial charge >= 0.3 is 0 Å². The Kier molecular flexibility index (Phi) is 3.54. The lowest BCUT2D eigenvalue weighted by Crippen LogP contribution is -2.13. The van der Waals surface area contributed by atoms with Crippen LogP contribution in [0.2, 0.25) is 0 Å². The number of nitrogens with one attached hydrogen (secondary N) is 2. The Morgan fingerprint density at radius 1 is 1.17 bits per heavy atom. The molecule has 1 aromatic carbocycles. The van der Waals surface area contributed by atoms with E-state index in [1.54, 1.807) is 12.1 Å². The quantitative estimate of drug-likeness (QED) is 0.567.